The molecule has 1 aromatic carbocycles. The zero-order chi connectivity index (χ0) is 17.3. The van der Waals surface area contributed by atoms with Gasteiger partial charge in [-0.25, -0.2) is 17.9 Å². The van der Waals surface area contributed by atoms with Crippen molar-refractivity contribution in [1.29, 1.82) is 0 Å². The van der Waals surface area contributed by atoms with Crippen LogP contribution in [-0.4, -0.2) is 20.5 Å². The Morgan fingerprint density at radius 1 is 1.26 bits per heavy atom. The van der Waals surface area contributed by atoms with Gasteiger partial charge in [-0.1, -0.05) is 44.5 Å². The topological polar surface area (TPSA) is 75.3 Å². The second-order valence-electron chi connectivity index (χ2n) is 7.12. The molecule has 0 aromatic heterocycles. The molecule has 2 unspecified atom stereocenters. The van der Waals surface area contributed by atoms with Crippen molar-refractivity contribution in [3.05, 3.63) is 29.3 Å². The van der Waals surface area contributed by atoms with Crippen molar-refractivity contribution in [2.45, 2.75) is 51.0 Å². The third kappa shape index (κ3) is 4.85. The first-order valence-electron chi connectivity index (χ1n) is 7.67. The second kappa shape index (κ2) is 6.69. The van der Waals surface area contributed by atoms with Crippen LogP contribution in [0.4, 0.5) is 4.79 Å². The number of benzene rings is 1. The number of nitrogens with one attached hydrogen (secondary N) is 2. The maximum Gasteiger partial charge on any atom is 0.328 e. The lowest BCUT2D eigenvalue weighted by Crippen LogP contribution is -2.48. The molecule has 1 aromatic rings. The van der Waals surface area contributed by atoms with E-state index in [1.807, 2.05) is 4.72 Å². The highest BCUT2D eigenvalue weighted by Gasteiger charge is 2.33. The van der Waals surface area contributed by atoms with Crippen LogP contribution in [0.2, 0.25) is 5.02 Å². The first kappa shape index (κ1) is 18.1. The molecular formula is C16H23ClN2O3S. The second-order valence-corrected chi connectivity index (χ2v) is 9.18. The molecule has 0 radical (unpaired) electrons. The highest BCUT2D eigenvalue weighted by Crippen LogP contribution is 2.38. The number of hydrogen-bond acceptors (Lipinski definition) is 3. The summed E-state index contributed by atoms with van der Waals surface area (Å²) in [4.78, 5) is 12.0. The number of hydrogen-bond donors (Lipinski definition) is 2. The zero-order valence-electron chi connectivity index (χ0n) is 13.6. The smallest absolute Gasteiger partial charge is 0.328 e. The van der Waals surface area contributed by atoms with Crippen LogP contribution >= 0.6 is 11.6 Å². The first-order valence-corrected chi connectivity index (χ1v) is 9.53. The highest BCUT2D eigenvalue weighted by molar-refractivity contribution is 7.90. The van der Waals surface area contributed by atoms with Crippen LogP contribution in [-0.2, 0) is 10.0 Å². The summed E-state index contributed by atoms with van der Waals surface area (Å²) in [6.45, 7) is 6.47. The van der Waals surface area contributed by atoms with Gasteiger partial charge in [0, 0.05) is 6.04 Å². The molecule has 2 atom stereocenters. The van der Waals surface area contributed by atoms with Crippen LogP contribution in [0.3, 0.4) is 0 Å². The molecule has 1 aliphatic rings. The summed E-state index contributed by atoms with van der Waals surface area (Å²) in [5.74, 6) is 0.490. The lowest BCUT2D eigenvalue weighted by molar-refractivity contribution is 0.153. The van der Waals surface area contributed by atoms with Crippen molar-refractivity contribution in [1.82, 2.24) is 10.0 Å². The van der Waals surface area contributed by atoms with E-state index >= 15 is 0 Å². The zero-order valence-corrected chi connectivity index (χ0v) is 15.2. The molecule has 2 N–H and O–H groups in total. The summed E-state index contributed by atoms with van der Waals surface area (Å²) >= 11 is 5.89. The minimum absolute atomic E-state index is 0.0322. The van der Waals surface area contributed by atoms with E-state index in [2.05, 4.69) is 26.1 Å². The maximum absolute atomic E-state index is 12.2. The van der Waals surface area contributed by atoms with Crippen LogP contribution in [0.25, 0.3) is 0 Å². The fourth-order valence-corrected chi connectivity index (χ4v) is 4.95. The van der Waals surface area contributed by atoms with Crippen LogP contribution in [0.15, 0.2) is 29.2 Å². The number of rotatable bonds is 3. The Bertz CT molecular complexity index is 688. The van der Waals surface area contributed by atoms with E-state index in [-0.39, 0.29) is 21.4 Å². The van der Waals surface area contributed by atoms with Crippen molar-refractivity contribution in [2.24, 2.45) is 11.3 Å². The normalized spacial score (nSPS) is 24.0. The maximum atomic E-state index is 12.2. The molecule has 0 spiro atoms. The lowest BCUT2D eigenvalue weighted by atomic mass is 9.71. The van der Waals surface area contributed by atoms with Crippen molar-refractivity contribution < 1.29 is 13.2 Å². The lowest BCUT2D eigenvalue weighted by Gasteiger charge is -2.39. The Kier molecular flexibility index (Phi) is 5.26. The summed E-state index contributed by atoms with van der Waals surface area (Å²) in [6, 6.07) is 5.29. The average molecular weight is 359 g/mol. The molecule has 2 amide bonds. The Hall–Kier alpha value is -1.27. The standard InChI is InChI=1S/C16H23ClN2O3S/c1-11-8-12(10-16(2,3)9-11)18-15(20)19-23(21,22)14-7-5-4-6-13(14)17/h4-7,11-12H,8-10H2,1-3H3,(H2,18,19,20). The minimum atomic E-state index is -3.98. The quantitative estimate of drug-likeness (QED) is 0.867. The van der Waals surface area contributed by atoms with E-state index < -0.39 is 16.1 Å². The van der Waals surface area contributed by atoms with Crippen LogP contribution in [0.1, 0.15) is 40.0 Å². The molecule has 1 fully saturated rings. The van der Waals surface area contributed by atoms with E-state index in [0.717, 1.165) is 19.3 Å². The number of carbonyl (C=O) groups is 1. The number of urea groups is 1. The number of amides is 2. The summed E-state index contributed by atoms with van der Waals surface area (Å²) in [6.07, 6.45) is 2.78. The van der Waals surface area contributed by atoms with Gasteiger partial charge >= 0.3 is 6.03 Å². The number of sulfonamides is 1. The van der Waals surface area contributed by atoms with Gasteiger partial charge in [0.2, 0.25) is 0 Å². The van der Waals surface area contributed by atoms with E-state index in [4.69, 9.17) is 11.6 Å². The molecule has 5 nitrogen and oxygen atoms in total. The third-order valence-electron chi connectivity index (χ3n) is 4.08. The van der Waals surface area contributed by atoms with Crippen LogP contribution in [0, 0.1) is 11.3 Å². The van der Waals surface area contributed by atoms with Crippen molar-refractivity contribution >= 4 is 27.7 Å². The molecule has 0 aliphatic heterocycles. The number of halogens is 1. The summed E-state index contributed by atoms with van der Waals surface area (Å²) in [7, 11) is -3.98. The van der Waals surface area contributed by atoms with Gasteiger partial charge < -0.3 is 5.32 Å². The van der Waals surface area contributed by atoms with Gasteiger partial charge in [0.15, 0.2) is 0 Å². The molecule has 128 valence electrons. The van der Waals surface area contributed by atoms with Crippen molar-refractivity contribution in [3.8, 4) is 0 Å². The first-order chi connectivity index (χ1) is 10.6. The molecule has 0 saturated heterocycles. The van der Waals surface area contributed by atoms with Crippen molar-refractivity contribution in [2.75, 3.05) is 0 Å². The predicted molar refractivity (Wildman–Crippen MR) is 90.9 cm³/mol. The van der Waals surface area contributed by atoms with E-state index in [1.54, 1.807) is 12.1 Å². The third-order valence-corrected chi connectivity index (χ3v) is 5.91. The van der Waals surface area contributed by atoms with E-state index in [9.17, 15) is 13.2 Å². The average Bonchev–Trinajstić information content (AvgIpc) is 2.35. The summed E-state index contributed by atoms with van der Waals surface area (Å²) in [5, 5.41) is 2.86. The largest absolute Gasteiger partial charge is 0.335 e. The molecule has 1 saturated carbocycles. The van der Waals surface area contributed by atoms with Gasteiger partial charge in [0.05, 0.1) is 5.02 Å². The Morgan fingerprint density at radius 2 is 1.91 bits per heavy atom. The fraction of sp³-hybridized carbons (Fsp3) is 0.562. The Morgan fingerprint density at radius 3 is 2.52 bits per heavy atom. The SMILES string of the molecule is CC1CC(NC(=O)NS(=O)(=O)c2ccccc2Cl)CC(C)(C)C1. The highest BCUT2D eigenvalue weighted by atomic mass is 35.5. The van der Waals surface area contributed by atoms with Gasteiger partial charge in [-0.3, -0.25) is 0 Å². The van der Waals surface area contributed by atoms with Gasteiger partial charge in [0.1, 0.15) is 4.90 Å². The molecular weight excluding hydrogens is 336 g/mol. The monoisotopic (exact) mass is 358 g/mol. The molecule has 2 rings (SSSR count). The number of carbonyl (C=O) groups excluding carboxylic acids is 1. The molecule has 7 heteroatoms. The van der Waals surface area contributed by atoms with Crippen LogP contribution in [0.5, 0.6) is 0 Å². The Balaban J connectivity index is 2.03. The minimum Gasteiger partial charge on any atom is -0.335 e. The van der Waals surface area contributed by atoms with Gasteiger partial charge in [-0.15, -0.1) is 0 Å². The fourth-order valence-electron chi connectivity index (χ4n) is 3.51. The summed E-state index contributed by atoms with van der Waals surface area (Å²) in [5.41, 5.74) is 0.136. The molecule has 23 heavy (non-hydrogen) atoms. The van der Waals surface area contributed by atoms with Gasteiger partial charge in [0.25, 0.3) is 10.0 Å². The molecule has 0 heterocycles. The molecule has 0 bridgehead atoms. The van der Waals surface area contributed by atoms with E-state index in [0.29, 0.717) is 5.92 Å². The summed E-state index contributed by atoms with van der Waals surface area (Å²) < 4.78 is 26.5. The van der Waals surface area contributed by atoms with Gasteiger partial charge in [-0.2, -0.15) is 0 Å². The Labute approximate surface area is 142 Å². The van der Waals surface area contributed by atoms with E-state index in [1.165, 1.54) is 12.1 Å². The predicted octanol–water partition coefficient (Wildman–Crippen LogP) is 3.54. The van der Waals surface area contributed by atoms with Crippen LogP contribution < -0.4 is 10.0 Å². The van der Waals surface area contributed by atoms with Gasteiger partial charge in [-0.05, 0) is 42.7 Å². The van der Waals surface area contributed by atoms with Crippen molar-refractivity contribution in [3.63, 3.8) is 0 Å². The molecule has 1 aliphatic carbocycles.